The van der Waals surface area contributed by atoms with Crippen molar-refractivity contribution in [2.75, 3.05) is 12.4 Å². The molecule has 0 saturated carbocycles. The Labute approximate surface area is 164 Å². The van der Waals surface area contributed by atoms with E-state index in [0.717, 1.165) is 40.6 Å². The molecular formula is C22H25N3OS. The first-order chi connectivity index (χ1) is 13.0. The summed E-state index contributed by atoms with van der Waals surface area (Å²) < 4.78 is 0. The van der Waals surface area contributed by atoms with E-state index < -0.39 is 0 Å². The molecule has 140 valence electrons. The topological polar surface area (TPSA) is 45.2 Å². The zero-order valence-corrected chi connectivity index (χ0v) is 16.8. The molecular weight excluding hydrogens is 354 g/mol. The molecule has 27 heavy (non-hydrogen) atoms. The number of anilines is 1. The summed E-state index contributed by atoms with van der Waals surface area (Å²) in [4.78, 5) is 19.2. The summed E-state index contributed by atoms with van der Waals surface area (Å²) in [6.45, 7) is 5.66. The molecule has 0 aliphatic carbocycles. The number of benzene rings is 2. The summed E-state index contributed by atoms with van der Waals surface area (Å²) in [6.07, 6.45) is 0.306. The Morgan fingerprint density at radius 3 is 2.67 bits per heavy atom. The van der Waals surface area contributed by atoms with E-state index in [1.165, 1.54) is 5.56 Å². The third-order valence-electron chi connectivity index (χ3n) is 4.31. The number of carbonyl (C=O) groups is 1. The Hall–Kier alpha value is -2.50. The Morgan fingerprint density at radius 2 is 1.89 bits per heavy atom. The smallest absolute Gasteiger partial charge is 0.231 e. The van der Waals surface area contributed by atoms with Crippen molar-refractivity contribution in [3.8, 4) is 0 Å². The van der Waals surface area contributed by atoms with Crippen LogP contribution in [0.3, 0.4) is 0 Å². The van der Waals surface area contributed by atoms with E-state index in [-0.39, 0.29) is 5.91 Å². The molecule has 0 radical (unpaired) electrons. The van der Waals surface area contributed by atoms with Crippen LogP contribution in [0.5, 0.6) is 0 Å². The van der Waals surface area contributed by atoms with E-state index in [0.29, 0.717) is 6.42 Å². The Balaban J connectivity index is 1.54. The number of carbonyl (C=O) groups excluding carboxylic acids is 1. The predicted molar refractivity (Wildman–Crippen MR) is 112 cm³/mol. The van der Waals surface area contributed by atoms with Gasteiger partial charge >= 0.3 is 0 Å². The van der Waals surface area contributed by atoms with Crippen LogP contribution in [0.4, 0.5) is 5.69 Å². The lowest BCUT2D eigenvalue weighted by molar-refractivity contribution is -0.115. The van der Waals surface area contributed by atoms with Crippen molar-refractivity contribution in [3.05, 3.63) is 81.3 Å². The maximum Gasteiger partial charge on any atom is 0.231 e. The molecule has 1 aromatic heterocycles. The van der Waals surface area contributed by atoms with Gasteiger partial charge in [0.2, 0.25) is 5.91 Å². The highest BCUT2D eigenvalue weighted by atomic mass is 32.1. The standard InChI is InChI=1S/C22H25N3OS/c1-16-9-10-17(2)20(11-16)24-21(26)12-22-23-19(15-27-22)14-25(3)13-18-7-5-4-6-8-18/h4-11,15H,12-14H2,1-3H3,(H,24,26). The molecule has 2 aromatic carbocycles. The maximum absolute atomic E-state index is 12.4. The number of aryl methyl sites for hydroxylation is 2. The van der Waals surface area contributed by atoms with Gasteiger partial charge in [-0.2, -0.15) is 0 Å². The first kappa shape index (κ1) is 19.3. The average molecular weight is 380 g/mol. The molecule has 1 N–H and O–H groups in total. The van der Waals surface area contributed by atoms with E-state index in [1.807, 2.05) is 43.5 Å². The number of thiazole rings is 1. The van der Waals surface area contributed by atoms with E-state index in [4.69, 9.17) is 0 Å². The first-order valence-corrected chi connectivity index (χ1v) is 9.90. The van der Waals surface area contributed by atoms with Gasteiger partial charge in [0, 0.05) is 24.2 Å². The molecule has 5 heteroatoms. The summed E-state index contributed by atoms with van der Waals surface area (Å²) in [5, 5.41) is 5.89. The van der Waals surface area contributed by atoms with E-state index in [9.17, 15) is 4.79 Å². The number of rotatable bonds is 7. The first-order valence-electron chi connectivity index (χ1n) is 9.02. The molecule has 0 unspecified atom stereocenters. The second-order valence-corrected chi connectivity index (χ2v) is 7.88. The third kappa shape index (κ3) is 5.74. The summed E-state index contributed by atoms with van der Waals surface area (Å²) >= 11 is 1.55. The van der Waals surface area contributed by atoms with Gasteiger partial charge in [0.15, 0.2) is 0 Å². The van der Waals surface area contributed by atoms with Crippen molar-refractivity contribution in [3.63, 3.8) is 0 Å². The number of aromatic nitrogens is 1. The van der Waals surface area contributed by atoms with E-state index >= 15 is 0 Å². The van der Waals surface area contributed by atoms with Gasteiger partial charge in [-0.1, -0.05) is 42.5 Å². The number of hydrogen-bond acceptors (Lipinski definition) is 4. The van der Waals surface area contributed by atoms with Crippen LogP contribution in [0, 0.1) is 13.8 Å². The number of nitrogens with one attached hydrogen (secondary N) is 1. The van der Waals surface area contributed by atoms with Crippen molar-refractivity contribution in [1.29, 1.82) is 0 Å². The van der Waals surface area contributed by atoms with Crippen LogP contribution in [0.15, 0.2) is 53.9 Å². The highest BCUT2D eigenvalue weighted by molar-refractivity contribution is 7.09. The largest absolute Gasteiger partial charge is 0.325 e. The Bertz CT molecular complexity index is 905. The van der Waals surface area contributed by atoms with Crippen molar-refractivity contribution in [1.82, 2.24) is 9.88 Å². The molecule has 0 atom stereocenters. The van der Waals surface area contributed by atoms with Crippen molar-refractivity contribution < 1.29 is 4.79 Å². The predicted octanol–water partition coefficient (Wildman–Crippen LogP) is 4.57. The van der Waals surface area contributed by atoms with Crippen molar-refractivity contribution >= 4 is 22.9 Å². The number of hydrogen-bond donors (Lipinski definition) is 1. The summed E-state index contributed by atoms with van der Waals surface area (Å²) in [5.74, 6) is -0.0257. The highest BCUT2D eigenvalue weighted by Crippen LogP contribution is 2.18. The van der Waals surface area contributed by atoms with Crippen LogP contribution < -0.4 is 5.32 Å². The SMILES string of the molecule is Cc1ccc(C)c(NC(=O)Cc2nc(CN(C)Cc3ccccc3)cs2)c1. The van der Waals surface area contributed by atoms with Crippen molar-refractivity contribution in [2.24, 2.45) is 0 Å². The lowest BCUT2D eigenvalue weighted by Crippen LogP contribution is -2.18. The van der Waals surface area contributed by atoms with Gasteiger partial charge in [0.05, 0.1) is 12.1 Å². The van der Waals surface area contributed by atoms with Gasteiger partial charge in [-0.3, -0.25) is 9.69 Å². The van der Waals surface area contributed by atoms with Gasteiger partial charge in [-0.25, -0.2) is 4.98 Å². The molecule has 0 fully saturated rings. The molecule has 0 saturated heterocycles. The second-order valence-electron chi connectivity index (χ2n) is 6.93. The van der Waals surface area contributed by atoms with Crippen LogP contribution in [-0.2, 0) is 24.3 Å². The average Bonchev–Trinajstić information content (AvgIpc) is 3.05. The maximum atomic E-state index is 12.4. The summed E-state index contributed by atoms with van der Waals surface area (Å²) in [5.41, 5.74) is 5.36. The molecule has 0 spiro atoms. The fourth-order valence-corrected chi connectivity index (χ4v) is 3.72. The quantitative estimate of drug-likeness (QED) is 0.654. The second kappa shape index (κ2) is 8.93. The van der Waals surface area contributed by atoms with Gasteiger partial charge in [0.1, 0.15) is 5.01 Å². The fraction of sp³-hybridized carbons (Fsp3) is 0.273. The molecule has 1 heterocycles. The molecule has 1 amide bonds. The van der Waals surface area contributed by atoms with Gasteiger partial charge in [-0.15, -0.1) is 11.3 Å². The third-order valence-corrected chi connectivity index (χ3v) is 5.20. The molecule has 0 aliphatic heterocycles. The van der Waals surface area contributed by atoms with Gasteiger partial charge in [0.25, 0.3) is 0 Å². The monoisotopic (exact) mass is 379 g/mol. The summed E-state index contributed by atoms with van der Waals surface area (Å²) in [6, 6.07) is 16.5. The zero-order chi connectivity index (χ0) is 19.2. The van der Waals surface area contributed by atoms with Crippen LogP contribution in [0.1, 0.15) is 27.4 Å². The Morgan fingerprint density at radius 1 is 1.11 bits per heavy atom. The Kier molecular flexibility index (Phi) is 6.37. The van der Waals surface area contributed by atoms with Crippen molar-refractivity contribution in [2.45, 2.75) is 33.4 Å². The minimum absolute atomic E-state index is 0.0257. The molecule has 3 rings (SSSR count). The van der Waals surface area contributed by atoms with E-state index in [1.54, 1.807) is 11.3 Å². The molecule has 0 bridgehead atoms. The van der Waals surface area contributed by atoms with Gasteiger partial charge < -0.3 is 5.32 Å². The number of nitrogens with zero attached hydrogens (tertiary/aromatic N) is 2. The molecule has 0 aliphatic rings. The lowest BCUT2D eigenvalue weighted by atomic mass is 10.1. The molecule has 4 nitrogen and oxygen atoms in total. The van der Waals surface area contributed by atoms with Crippen LogP contribution in [0.2, 0.25) is 0 Å². The van der Waals surface area contributed by atoms with E-state index in [2.05, 4.69) is 46.5 Å². The zero-order valence-electron chi connectivity index (χ0n) is 16.0. The van der Waals surface area contributed by atoms with Crippen LogP contribution in [0.25, 0.3) is 0 Å². The lowest BCUT2D eigenvalue weighted by Gasteiger charge is -2.15. The van der Waals surface area contributed by atoms with Crippen LogP contribution >= 0.6 is 11.3 Å². The minimum atomic E-state index is -0.0257. The van der Waals surface area contributed by atoms with Crippen LogP contribution in [-0.4, -0.2) is 22.8 Å². The fourth-order valence-electron chi connectivity index (χ4n) is 2.93. The normalized spacial score (nSPS) is 11.0. The molecule has 3 aromatic rings. The number of amides is 1. The van der Waals surface area contributed by atoms with Gasteiger partial charge in [-0.05, 0) is 43.7 Å². The minimum Gasteiger partial charge on any atom is -0.325 e. The highest BCUT2D eigenvalue weighted by Gasteiger charge is 2.11. The summed E-state index contributed by atoms with van der Waals surface area (Å²) in [7, 11) is 2.08.